The van der Waals surface area contributed by atoms with Crippen LogP contribution in [-0.2, 0) is 15.1 Å². The van der Waals surface area contributed by atoms with E-state index in [4.69, 9.17) is 0 Å². The number of amides is 5. The molecule has 37 heavy (non-hydrogen) atoms. The number of nitrogens with one attached hydrogen (secondary N) is 3. The molecule has 0 spiro atoms. The molecule has 0 saturated carbocycles. The standard InChI is InChI=1S/C29H30N4O4/c1-3-18-29(22-14-8-5-9-15-22)27(36)33(28(37)32-29)19-25(34)31-24-17-11-10-16-23(24)26(35)30-20(2)21-12-6-4-7-13-21/h4-17,20H,3,18-19H2,1-2H3,(H,30,35)(H,31,34)(H,32,37)/t20-,29-/m1/s1. The topological polar surface area (TPSA) is 108 Å². The molecule has 1 heterocycles. The molecule has 8 heteroatoms. The number of anilines is 1. The molecule has 190 valence electrons. The molecule has 1 fully saturated rings. The van der Waals surface area contributed by atoms with Crippen molar-refractivity contribution < 1.29 is 19.2 Å². The van der Waals surface area contributed by atoms with E-state index in [1.54, 1.807) is 36.4 Å². The number of hydrogen-bond donors (Lipinski definition) is 3. The largest absolute Gasteiger partial charge is 0.345 e. The Morgan fingerprint density at radius 2 is 1.54 bits per heavy atom. The molecule has 3 N–H and O–H groups in total. The SMILES string of the molecule is CCC[C@]1(c2ccccc2)NC(=O)N(CC(=O)Nc2ccccc2C(=O)N[C@H](C)c2ccccc2)C1=O. The van der Waals surface area contributed by atoms with Gasteiger partial charge in [-0.2, -0.15) is 0 Å². The van der Waals surface area contributed by atoms with E-state index >= 15 is 0 Å². The molecule has 0 aliphatic carbocycles. The van der Waals surface area contributed by atoms with Crippen molar-refractivity contribution in [3.05, 3.63) is 102 Å². The van der Waals surface area contributed by atoms with Gasteiger partial charge in [0.2, 0.25) is 5.91 Å². The van der Waals surface area contributed by atoms with Gasteiger partial charge in [-0.25, -0.2) is 4.79 Å². The monoisotopic (exact) mass is 498 g/mol. The summed E-state index contributed by atoms with van der Waals surface area (Å²) in [6, 6.07) is 24.3. The van der Waals surface area contributed by atoms with Crippen molar-refractivity contribution in [1.82, 2.24) is 15.5 Å². The van der Waals surface area contributed by atoms with Gasteiger partial charge >= 0.3 is 6.03 Å². The maximum absolute atomic E-state index is 13.4. The third kappa shape index (κ3) is 5.38. The van der Waals surface area contributed by atoms with Crippen molar-refractivity contribution in [2.45, 2.75) is 38.3 Å². The van der Waals surface area contributed by atoms with Gasteiger partial charge in [0, 0.05) is 0 Å². The van der Waals surface area contributed by atoms with E-state index in [9.17, 15) is 19.2 Å². The molecule has 0 radical (unpaired) electrons. The van der Waals surface area contributed by atoms with Gasteiger partial charge in [0.1, 0.15) is 12.1 Å². The van der Waals surface area contributed by atoms with Gasteiger partial charge in [0.15, 0.2) is 0 Å². The Bertz CT molecular complexity index is 1300. The molecule has 3 aromatic carbocycles. The lowest BCUT2D eigenvalue weighted by Crippen LogP contribution is -2.44. The summed E-state index contributed by atoms with van der Waals surface area (Å²) in [7, 11) is 0. The summed E-state index contributed by atoms with van der Waals surface area (Å²) in [4.78, 5) is 53.2. The fraction of sp³-hybridized carbons (Fsp3) is 0.241. The first kappa shape index (κ1) is 25.6. The molecule has 1 saturated heterocycles. The lowest BCUT2D eigenvalue weighted by molar-refractivity contribution is -0.134. The van der Waals surface area contributed by atoms with Crippen LogP contribution in [-0.4, -0.2) is 35.2 Å². The highest BCUT2D eigenvalue weighted by Gasteiger charge is 2.52. The first-order valence-electron chi connectivity index (χ1n) is 12.3. The minimum Gasteiger partial charge on any atom is -0.345 e. The number of carbonyl (C=O) groups excluding carboxylic acids is 4. The fourth-order valence-corrected chi connectivity index (χ4v) is 4.60. The highest BCUT2D eigenvalue weighted by molar-refractivity contribution is 6.11. The molecule has 0 aromatic heterocycles. The minimum atomic E-state index is -1.21. The second-order valence-corrected chi connectivity index (χ2v) is 9.04. The van der Waals surface area contributed by atoms with Crippen molar-refractivity contribution >= 4 is 29.4 Å². The number of hydrogen-bond acceptors (Lipinski definition) is 4. The summed E-state index contributed by atoms with van der Waals surface area (Å²) in [5.41, 5.74) is 0.983. The fourth-order valence-electron chi connectivity index (χ4n) is 4.60. The Balaban J connectivity index is 1.48. The van der Waals surface area contributed by atoms with Gasteiger partial charge in [-0.15, -0.1) is 0 Å². The van der Waals surface area contributed by atoms with E-state index in [0.29, 0.717) is 24.1 Å². The summed E-state index contributed by atoms with van der Waals surface area (Å²) >= 11 is 0. The second-order valence-electron chi connectivity index (χ2n) is 9.04. The van der Waals surface area contributed by atoms with Crippen molar-refractivity contribution in [2.24, 2.45) is 0 Å². The summed E-state index contributed by atoms with van der Waals surface area (Å²) in [6.07, 6.45) is 1.06. The van der Waals surface area contributed by atoms with Crippen molar-refractivity contribution in [3.8, 4) is 0 Å². The zero-order chi connectivity index (χ0) is 26.4. The first-order valence-corrected chi connectivity index (χ1v) is 12.3. The molecule has 1 aliphatic rings. The molecule has 2 atom stereocenters. The zero-order valence-electron chi connectivity index (χ0n) is 20.9. The van der Waals surface area contributed by atoms with E-state index < -0.39 is 29.9 Å². The molecule has 4 rings (SSSR count). The lowest BCUT2D eigenvalue weighted by atomic mass is 9.85. The van der Waals surface area contributed by atoms with E-state index in [0.717, 1.165) is 10.5 Å². The van der Waals surface area contributed by atoms with Gasteiger partial charge < -0.3 is 16.0 Å². The number of carbonyl (C=O) groups is 4. The minimum absolute atomic E-state index is 0.243. The molecule has 3 aromatic rings. The highest BCUT2D eigenvalue weighted by atomic mass is 16.2. The smallest absolute Gasteiger partial charge is 0.325 e. The molecule has 0 bridgehead atoms. The Morgan fingerprint density at radius 1 is 0.919 bits per heavy atom. The Morgan fingerprint density at radius 3 is 2.22 bits per heavy atom. The summed E-state index contributed by atoms with van der Waals surface area (Å²) < 4.78 is 0. The Labute approximate surface area is 216 Å². The Hall–Kier alpha value is -4.46. The van der Waals surface area contributed by atoms with E-state index in [2.05, 4.69) is 16.0 Å². The predicted octanol–water partition coefficient (Wildman–Crippen LogP) is 4.36. The zero-order valence-corrected chi connectivity index (χ0v) is 20.9. The van der Waals surface area contributed by atoms with Crippen LogP contribution in [0, 0.1) is 0 Å². The predicted molar refractivity (Wildman–Crippen MR) is 141 cm³/mol. The van der Waals surface area contributed by atoms with Crippen LogP contribution >= 0.6 is 0 Å². The van der Waals surface area contributed by atoms with Gasteiger partial charge in [-0.05, 0) is 36.6 Å². The van der Waals surface area contributed by atoms with Crippen molar-refractivity contribution in [2.75, 3.05) is 11.9 Å². The van der Waals surface area contributed by atoms with E-state index in [1.807, 2.05) is 62.4 Å². The number of nitrogens with zero attached hydrogens (tertiary/aromatic N) is 1. The van der Waals surface area contributed by atoms with Crippen LogP contribution in [0.2, 0.25) is 0 Å². The molecule has 1 aliphatic heterocycles. The van der Waals surface area contributed by atoms with Crippen LogP contribution in [0.25, 0.3) is 0 Å². The van der Waals surface area contributed by atoms with Gasteiger partial charge in [0.25, 0.3) is 11.8 Å². The van der Waals surface area contributed by atoms with Crippen LogP contribution in [0.3, 0.4) is 0 Å². The van der Waals surface area contributed by atoms with Crippen LogP contribution in [0.1, 0.15) is 54.2 Å². The quantitative estimate of drug-likeness (QED) is 0.381. The number of imide groups is 1. The third-order valence-corrected chi connectivity index (χ3v) is 6.46. The number of benzene rings is 3. The average Bonchev–Trinajstić information content (AvgIpc) is 3.15. The van der Waals surface area contributed by atoms with Crippen LogP contribution in [0.4, 0.5) is 10.5 Å². The summed E-state index contributed by atoms with van der Waals surface area (Å²) in [5, 5.41) is 8.45. The van der Waals surface area contributed by atoms with Gasteiger partial charge in [0.05, 0.1) is 17.3 Å². The summed E-state index contributed by atoms with van der Waals surface area (Å²) in [6.45, 7) is 3.33. The van der Waals surface area contributed by atoms with Crippen LogP contribution in [0.5, 0.6) is 0 Å². The molecule has 8 nitrogen and oxygen atoms in total. The normalized spacial score (nSPS) is 17.7. The first-order chi connectivity index (χ1) is 17.9. The molecule has 5 amide bonds. The molecular weight excluding hydrogens is 468 g/mol. The number of rotatable bonds is 9. The third-order valence-electron chi connectivity index (χ3n) is 6.46. The maximum atomic E-state index is 13.4. The van der Waals surface area contributed by atoms with Crippen LogP contribution in [0.15, 0.2) is 84.9 Å². The van der Waals surface area contributed by atoms with E-state index in [-0.39, 0.29) is 17.5 Å². The number of urea groups is 1. The average molecular weight is 499 g/mol. The summed E-state index contributed by atoms with van der Waals surface area (Å²) in [5.74, 6) is -1.41. The molecular formula is C29H30N4O4. The van der Waals surface area contributed by atoms with Crippen molar-refractivity contribution in [1.29, 1.82) is 0 Å². The molecule has 0 unspecified atom stereocenters. The van der Waals surface area contributed by atoms with Crippen molar-refractivity contribution in [3.63, 3.8) is 0 Å². The highest BCUT2D eigenvalue weighted by Crippen LogP contribution is 2.33. The second kappa shape index (κ2) is 11.1. The maximum Gasteiger partial charge on any atom is 0.325 e. The lowest BCUT2D eigenvalue weighted by Gasteiger charge is -2.26. The van der Waals surface area contributed by atoms with Gasteiger partial charge in [-0.1, -0.05) is 86.1 Å². The van der Waals surface area contributed by atoms with Gasteiger partial charge in [-0.3, -0.25) is 19.3 Å². The Kier molecular flexibility index (Phi) is 7.67. The van der Waals surface area contributed by atoms with E-state index in [1.165, 1.54) is 0 Å². The van der Waals surface area contributed by atoms with Crippen LogP contribution < -0.4 is 16.0 Å². The number of para-hydroxylation sites is 1.